The van der Waals surface area contributed by atoms with Crippen molar-refractivity contribution >= 4 is 46.7 Å². The molecule has 80 valence electrons. The fraction of sp³-hybridized carbons (Fsp3) is 0. The van der Waals surface area contributed by atoms with Crippen LogP contribution >= 0.6 is 35.4 Å². The van der Waals surface area contributed by atoms with E-state index in [0.29, 0.717) is 5.56 Å². The largest absolute Gasteiger partial charge is 0.375 e. The van der Waals surface area contributed by atoms with Crippen LogP contribution in [0.3, 0.4) is 0 Å². The lowest BCUT2D eigenvalue weighted by atomic mass is 10.2. The number of hydrogen-bond donors (Lipinski definition) is 2. The quantitative estimate of drug-likeness (QED) is 0.374. The number of nitrogens with two attached hydrogens (primary N) is 1. The topological polar surface area (TPSA) is 50.4 Å². The van der Waals surface area contributed by atoms with Gasteiger partial charge in [0.1, 0.15) is 0 Å². The second-order valence-electron chi connectivity index (χ2n) is 2.50. The van der Waals surface area contributed by atoms with Crippen molar-refractivity contribution in [1.82, 2.24) is 5.43 Å². The Hall–Kier alpha value is -0.910. The van der Waals surface area contributed by atoms with Gasteiger partial charge in [0.25, 0.3) is 0 Å². The molecule has 1 aromatic rings. The molecule has 3 nitrogen and oxygen atoms in total. The lowest BCUT2D eigenvalue weighted by Crippen LogP contribution is -2.24. The summed E-state index contributed by atoms with van der Waals surface area (Å²) in [4.78, 5) is 0. The molecule has 0 radical (unpaired) electrons. The van der Waals surface area contributed by atoms with Gasteiger partial charge in [0.2, 0.25) is 0 Å². The molecular formula is C8H6Cl2FN3S. The van der Waals surface area contributed by atoms with E-state index in [9.17, 15) is 4.39 Å². The Morgan fingerprint density at radius 1 is 1.53 bits per heavy atom. The summed E-state index contributed by atoms with van der Waals surface area (Å²) in [5.74, 6) is -0.683. The molecule has 0 heterocycles. The van der Waals surface area contributed by atoms with Crippen LogP contribution in [-0.4, -0.2) is 11.3 Å². The van der Waals surface area contributed by atoms with Gasteiger partial charge >= 0.3 is 0 Å². The molecule has 0 atom stereocenters. The van der Waals surface area contributed by atoms with Crippen molar-refractivity contribution in [2.45, 2.75) is 0 Å². The van der Waals surface area contributed by atoms with Crippen molar-refractivity contribution in [2.24, 2.45) is 10.8 Å². The van der Waals surface area contributed by atoms with Crippen molar-refractivity contribution in [3.63, 3.8) is 0 Å². The summed E-state index contributed by atoms with van der Waals surface area (Å²) in [7, 11) is 0. The van der Waals surface area contributed by atoms with E-state index < -0.39 is 5.82 Å². The molecule has 0 amide bonds. The summed E-state index contributed by atoms with van der Waals surface area (Å²) in [6, 6.07) is 2.91. The molecule has 0 saturated heterocycles. The first-order valence-electron chi connectivity index (χ1n) is 3.74. The molecule has 0 unspecified atom stereocenters. The second-order valence-corrected chi connectivity index (χ2v) is 3.72. The Kier molecular flexibility index (Phi) is 4.26. The van der Waals surface area contributed by atoms with Crippen LogP contribution in [0.1, 0.15) is 5.56 Å². The number of hydrogen-bond acceptors (Lipinski definition) is 2. The molecular weight excluding hydrogens is 260 g/mol. The summed E-state index contributed by atoms with van der Waals surface area (Å²) in [6.45, 7) is 0. The summed E-state index contributed by atoms with van der Waals surface area (Å²) < 4.78 is 13.2. The maximum Gasteiger partial charge on any atom is 0.184 e. The molecule has 0 bridgehead atoms. The van der Waals surface area contributed by atoms with Gasteiger partial charge in [-0.3, -0.25) is 5.43 Å². The van der Waals surface area contributed by atoms with E-state index >= 15 is 0 Å². The van der Waals surface area contributed by atoms with Crippen molar-refractivity contribution in [1.29, 1.82) is 0 Å². The lowest BCUT2D eigenvalue weighted by Gasteiger charge is -2.01. The molecule has 15 heavy (non-hydrogen) atoms. The molecule has 0 aliphatic rings. The first kappa shape index (κ1) is 12.2. The Morgan fingerprint density at radius 3 is 2.80 bits per heavy atom. The lowest BCUT2D eigenvalue weighted by molar-refractivity contribution is 0.628. The number of rotatable bonds is 2. The predicted octanol–water partition coefficient (Wildman–Crippen LogP) is 2.30. The van der Waals surface area contributed by atoms with E-state index in [2.05, 4.69) is 22.7 Å². The highest BCUT2D eigenvalue weighted by Crippen LogP contribution is 2.25. The van der Waals surface area contributed by atoms with E-state index in [1.165, 1.54) is 18.3 Å². The Morgan fingerprint density at radius 2 is 2.20 bits per heavy atom. The molecule has 0 aliphatic carbocycles. The zero-order valence-electron chi connectivity index (χ0n) is 7.30. The third-order valence-corrected chi connectivity index (χ3v) is 2.21. The second kappa shape index (κ2) is 5.25. The smallest absolute Gasteiger partial charge is 0.184 e. The maximum atomic E-state index is 13.2. The maximum absolute atomic E-state index is 13.2. The molecule has 0 saturated carbocycles. The highest BCUT2D eigenvalue weighted by Gasteiger charge is 2.08. The minimum Gasteiger partial charge on any atom is -0.375 e. The number of nitrogens with one attached hydrogen (secondary N) is 1. The van der Waals surface area contributed by atoms with Crippen LogP contribution in [0.25, 0.3) is 0 Å². The van der Waals surface area contributed by atoms with E-state index in [0.717, 1.165) is 0 Å². The van der Waals surface area contributed by atoms with Crippen molar-refractivity contribution in [3.05, 3.63) is 33.6 Å². The molecule has 7 heteroatoms. The van der Waals surface area contributed by atoms with Crippen LogP contribution in [0.2, 0.25) is 10.0 Å². The zero-order chi connectivity index (χ0) is 11.4. The highest BCUT2D eigenvalue weighted by molar-refractivity contribution is 7.80. The molecule has 0 fully saturated rings. The Balaban J connectivity index is 2.92. The number of hydrazone groups is 1. The Labute approximate surface area is 101 Å². The van der Waals surface area contributed by atoms with Crippen LogP contribution in [0.5, 0.6) is 0 Å². The van der Waals surface area contributed by atoms with Gasteiger partial charge in [-0.25, -0.2) is 4.39 Å². The fourth-order valence-electron chi connectivity index (χ4n) is 0.806. The average molecular weight is 266 g/mol. The molecule has 0 spiro atoms. The van der Waals surface area contributed by atoms with Crippen molar-refractivity contribution < 1.29 is 4.39 Å². The van der Waals surface area contributed by atoms with Gasteiger partial charge in [-0.15, -0.1) is 0 Å². The van der Waals surface area contributed by atoms with E-state index in [-0.39, 0.29) is 15.2 Å². The SMILES string of the molecule is NC(=S)NN=Cc1ccc(Cl)c(F)c1Cl. The third-order valence-electron chi connectivity index (χ3n) is 1.44. The number of nitrogens with zero attached hydrogens (tertiary/aromatic N) is 1. The van der Waals surface area contributed by atoms with Gasteiger partial charge in [-0.2, -0.15) is 5.10 Å². The van der Waals surface area contributed by atoms with E-state index in [1.54, 1.807) is 0 Å². The van der Waals surface area contributed by atoms with Gasteiger partial charge < -0.3 is 5.73 Å². The van der Waals surface area contributed by atoms with Gasteiger partial charge in [-0.1, -0.05) is 29.3 Å². The number of thiocarbonyl (C=S) groups is 1. The van der Waals surface area contributed by atoms with E-state index in [1.807, 2.05) is 0 Å². The zero-order valence-corrected chi connectivity index (χ0v) is 9.63. The predicted molar refractivity (Wildman–Crippen MR) is 63.9 cm³/mol. The number of halogens is 3. The van der Waals surface area contributed by atoms with E-state index in [4.69, 9.17) is 28.9 Å². The third kappa shape index (κ3) is 3.30. The van der Waals surface area contributed by atoms with Gasteiger partial charge in [-0.05, 0) is 18.3 Å². The molecule has 0 aromatic heterocycles. The normalized spacial score (nSPS) is 10.6. The number of benzene rings is 1. The fourth-order valence-corrected chi connectivity index (χ4v) is 1.28. The van der Waals surface area contributed by atoms with Crippen LogP contribution in [0.4, 0.5) is 4.39 Å². The van der Waals surface area contributed by atoms with Crippen molar-refractivity contribution in [2.75, 3.05) is 0 Å². The summed E-state index contributed by atoms with van der Waals surface area (Å²) >= 11 is 15.7. The first-order chi connectivity index (χ1) is 7.02. The first-order valence-corrected chi connectivity index (χ1v) is 4.91. The van der Waals surface area contributed by atoms with Crippen molar-refractivity contribution in [3.8, 4) is 0 Å². The highest BCUT2D eigenvalue weighted by atomic mass is 35.5. The monoisotopic (exact) mass is 265 g/mol. The molecule has 0 aliphatic heterocycles. The van der Waals surface area contributed by atoms with Crippen LogP contribution < -0.4 is 11.2 Å². The van der Waals surface area contributed by atoms with Gasteiger partial charge in [0.15, 0.2) is 10.9 Å². The Bertz CT molecular complexity index is 423. The van der Waals surface area contributed by atoms with Crippen LogP contribution in [-0.2, 0) is 0 Å². The minimum atomic E-state index is -0.683. The summed E-state index contributed by atoms with van der Waals surface area (Å²) in [5.41, 5.74) is 7.82. The van der Waals surface area contributed by atoms with Crippen LogP contribution in [0, 0.1) is 5.82 Å². The van der Waals surface area contributed by atoms with Gasteiger partial charge in [0, 0.05) is 5.56 Å². The standard InChI is InChI=1S/C8H6Cl2FN3S/c9-5-2-1-4(6(10)7(5)11)3-13-14-8(12)15/h1-3H,(H3,12,14,15). The van der Waals surface area contributed by atoms with Crippen LogP contribution in [0.15, 0.2) is 17.2 Å². The molecule has 3 N–H and O–H groups in total. The molecule has 1 aromatic carbocycles. The average Bonchev–Trinajstić information content (AvgIpc) is 2.18. The molecule has 1 rings (SSSR count). The summed E-state index contributed by atoms with van der Waals surface area (Å²) in [5, 5.41) is 3.51. The summed E-state index contributed by atoms with van der Waals surface area (Å²) in [6.07, 6.45) is 1.29. The minimum absolute atomic E-state index is 0.0109. The van der Waals surface area contributed by atoms with Gasteiger partial charge in [0.05, 0.1) is 16.3 Å².